The summed E-state index contributed by atoms with van der Waals surface area (Å²) in [6.07, 6.45) is 0.907. The van der Waals surface area contributed by atoms with E-state index in [4.69, 9.17) is 11.6 Å². The van der Waals surface area contributed by atoms with Crippen LogP contribution in [0.2, 0.25) is 5.02 Å². The second kappa shape index (κ2) is 6.23. The number of aromatic amines is 1. The summed E-state index contributed by atoms with van der Waals surface area (Å²) in [6, 6.07) is 8.52. The van der Waals surface area contributed by atoms with Gasteiger partial charge >= 0.3 is 0 Å². The maximum Gasteiger partial charge on any atom is 0.267 e. The highest BCUT2D eigenvalue weighted by atomic mass is 79.9. The van der Waals surface area contributed by atoms with Crippen LogP contribution < -0.4 is 5.32 Å². The van der Waals surface area contributed by atoms with Gasteiger partial charge in [0.2, 0.25) is 0 Å². The Morgan fingerprint density at radius 2 is 2.11 bits per heavy atom. The molecule has 1 heterocycles. The van der Waals surface area contributed by atoms with Crippen molar-refractivity contribution in [3.63, 3.8) is 0 Å². The lowest BCUT2D eigenvalue weighted by molar-refractivity contribution is 0.0912. The standard InChI is InChI=1S/C13H12BrClN2O2/c14-9-5-11(16-6-9)13(19)17-7-12(18)8-1-3-10(15)4-2-8/h1-6,12,16,18H,7H2,(H,17,19). The van der Waals surface area contributed by atoms with Crippen LogP contribution in [0, 0.1) is 0 Å². The number of hydrogen-bond donors (Lipinski definition) is 3. The van der Waals surface area contributed by atoms with Gasteiger partial charge in [0.25, 0.3) is 5.91 Å². The van der Waals surface area contributed by atoms with Crippen molar-refractivity contribution >= 4 is 33.4 Å². The zero-order valence-corrected chi connectivity index (χ0v) is 12.2. The maximum atomic E-state index is 11.8. The molecule has 1 amide bonds. The molecule has 0 aliphatic carbocycles. The highest BCUT2D eigenvalue weighted by molar-refractivity contribution is 9.10. The number of aromatic nitrogens is 1. The monoisotopic (exact) mass is 342 g/mol. The second-order valence-corrected chi connectivity index (χ2v) is 5.36. The highest BCUT2D eigenvalue weighted by Gasteiger charge is 2.11. The van der Waals surface area contributed by atoms with Gasteiger partial charge in [-0.1, -0.05) is 23.7 Å². The molecule has 1 aromatic carbocycles. The van der Waals surface area contributed by atoms with Gasteiger partial charge < -0.3 is 15.4 Å². The first kappa shape index (κ1) is 14.1. The summed E-state index contributed by atoms with van der Waals surface area (Å²) >= 11 is 9.02. The van der Waals surface area contributed by atoms with Crippen LogP contribution in [0.3, 0.4) is 0 Å². The Labute approximate surface area is 123 Å². The zero-order valence-electron chi connectivity index (χ0n) is 9.86. The molecule has 1 atom stereocenters. The van der Waals surface area contributed by atoms with E-state index in [-0.39, 0.29) is 12.5 Å². The van der Waals surface area contributed by atoms with E-state index < -0.39 is 6.10 Å². The van der Waals surface area contributed by atoms with Crippen LogP contribution in [-0.4, -0.2) is 22.5 Å². The summed E-state index contributed by atoms with van der Waals surface area (Å²) in [5, 5.41) is 13.2. The number of aliphatic hydroxyl groups is 1. The lowest BCUT2D eigenvalue weighted by Crippen LogP contribution is -2.28. The topological polar surface area (TPSA) is 65.1 Å². The van der Waals surface area contributed by atoms with Crippen molar-refractivity contribution in [1.82, 2.24) is 10.3 Å². The van der Waals surface area contributed by atoms with Crippen molar-refractivity contribution in [1.29, 1.82) is 0 Å². The first-order valence-electron chi connectivity index (χ1n) is 5.62. The average Bonchev–Trinajstić information content (AvgIpc) is 2.83. The fourth-order valence-electron chi connectivity index (χ4n) is 1.59. The molecular weight excluding hydrogens is 332 g/mol. The van der Waals surface area contributed by atoms with Crippen molar-refractivity contribution in [2.75, 3.05) is 6.54 Å². The third-order valence-corrected chi connectivity index (χ3v) is 3.31. The molecule has 0 radical (unpaired) electrons. The van der Waals surface area contributed by atoms with Gasteiger partial charge in [-0.15, -0.1) is 0 Å². The SMILES string of the molecule is O=C(NCC(O)c1ccc(Cl)cc1)c1cc(Br)c[nH]1. The summed E-state index contributed by atoms with van der Waals surface area (Å²) in [4.78, 5) is 14.6. The minimum atomic E-state index is -0.764. The van der Waals surface area contributed by atoms with Gasteiger partial charge in [0, 0.05) is 22.2 Å². The number of carbonyl (C=O) groups excluding carboxylic acids is 1. The number of aliphatic hydroxyl groups excluding tert-OH is 1. The minimum absolute atomic E-state index is 0.136. The van der Waals surface area contributed by atoms with E-state index in [0.29, 0.717) is 16.3 Å². The molecule has 0 aliphatic rings. The minimum Gasteiger partial charge on any atom is -0.387 e. The summed E-state index contributed by atoms with van der Waals surface area (Å²) in [5.41, 5.74) is 1.15. The fourth-order valence-corrected chi connectivity index (χ4v) is 2.06. The van der Waals surface area contributed by atoms with E-state index in [1.165, 1.54) is 0 Å². The molecule has 0 saturated heterocycles. The molecule has 100 valence electrons. The number of amides is 1. The van der Waals surface area contributed by atoms with E-state index in [0.717, 1.165) is 4.47 Å². The molecule has 0 fully saturated rings. The molecule has 1 unspecified atom stereocenters. The molecule has 0 bridgehead atoms. The Bertz CT molecular complexity index is 568. The number of hydrogen-bond acceptors (Lipinski definition) is 2. The Hall–Kier alpha value is -1.30. The van der Waals surface area contributed by atoms with Crippen LogP contribution in [-0.2, 0) is 0 Å². The molecule has 2 rings (SSSR count). The van der Waals surface area contributed by atoms with E-state index in [2.05, 4.69) is 26.2 Å². The normalized spacial score (nSPS) is 12.2. The molecule has 0 aliphatic heterocycles. The van der Waals surface area contributed by atoms with Crippen molar-refractivity contribution in [2.24, 2.45) is 0 Å². The van der Waals surface area contributed by atoms with Crippen molar-refractivity contribution in [3.05, 3.63) is 57.3 Å². The van der Waals surface area contributed by atoms with Crippen molar-refractivity contribution < 1.29 is 9.90 Å². The zero-order chi connectivity index (χ0) is 13.8. The molecule has 4 nitrogen and oxygen atoms in total. The molecule has 6 heteroatoms. The van der Waals surface area contributed by atoms with E-state index in [1.54, 1.807) is 36.5 Å². The lowest BCUT2D eigenvalue weighted by Gasteiger charge is -2.11. The number of benzene rings is 1. The average molecular weight is 344 g/mol. The van der Waals surface area contributed by atoms with Crippen LogP contribution >= 0.6 is 27.5 Å². The summed E-state index contributed by atoms with van der Waals surface area (Å²) in [7, 11) is 0. The summed E-state index contributed by atoms with van der Waals surface area (Å²) in [6.45, 7) is 0.136. The Morgan fingerprint density at radius 1 is 1.42 bits per heavy atom. The molecule has 0 saturated carbocycles. The third kappa shape index (κ3) is 3.83. The van der Waals surface area contributed by atoms with E-state index in [9.17, 15) is 9.90 Å². The van der Waals surface area contributed by atoms with E-state index >= 15 is 0 Å². The fraction of sp³-hybridized carbons (Fsp3) is 0.154. The number of H-pyrrole nitrogens is 1. The Kier molecular flexibility index (Phi) is 4.63. The van der Waals surface area contributed by atoms with E-state index in [1.807, 2.05) is 0 Å². The second-order valence-electron chi connectivity index (χ2n) is 4.01. The van der Waals surface area contributed by atoms with Crippen LogP contribution in [0.15, 0.2) is 41.0 Å². The van der Waals surface area contributed by atoms with Gasteiger partial charge in [-0.3, -0.25) is 4.79 Å². The number of nitrogens with one attached hydrogen (secondary N) is 2. The largest absolute Gasteiger partial charge is 0.387 e. The van der Waals surface area contributed by atoms with Crippen molar-refractivity contribution in [2.45, 2.75) is 6.10 Å². The van der Waals surface area contributed by atoms with Gasteiger partial charge in [0.1, 0.15) is 5.69 Å². The highest BCUT2D eigenvalue weighted by Crippen LogP contribution is 2.16. The number of carbonyl (C=O) groups is 1. The quantitative estimate of drug-likeness (QED) is 0.799. The van der Waals surface area contributed by atoms with Crippen LogP contribution in [0.4, 0.5) is 0 Å². The number of halogens is 2. The molecule has 19 heavy (non-hydrogen) atoms. The molecule has 0 spiro atoms. The van der Waals surface area contributed by atoms with Gasteiger partial charge in [0.05, 0.1) is 6.10 Å². The van der Waals surface area contributed by atoms with Crippen LogP contribution in [0.1, 0.15) is 22.2 Å². The predicted octanol–water partition coefficient (Wildman–Crippen LogP) is 2.89. The lowest BCUT2D eigenvalue weighted by atomic mass is 10.1. The third-order valence-electron chi connectivity index (χ3n) is 2.60. The Balaban J connectivity index is 1.91. The predicted molar refractivity (Wildman–Crippen MR) is 77.2 cm³/mol. The number of rotatable bonds is 4. The van der Waals surface area contributed by atoms with Crippen LogP contribution in [0.25, 0.3) is 0 Å². The molecule has 3 N–H and O–H groups in total. The van der Waals surface area contributed by atoms with Gasteiger partial charge in [-0.2, -0.15) is 0 Å². The summed E-state index contributed by atoms with van der Waals surface area (Å²) in [5.74, 6) is -0.265. The summed E-state index contributed by atoms with van der Waals surface area (Å²) < 4.78 is 0.802. The first-order valence-corrected chi connectivity index (χ1v) is 6.79. The maximum absolute atomic E-state index is 11.8. The first-order chi connectivity index (χ1) is 9.06. The van der Waals surface area contributed by atoms with Gasteiger partial charge in [0.15, 0.2) is 0 Å². The Morgan fingerprint density at radius 3 is 2.68 bits per heavy atom. The van der Waals surface area contributed by atoms with Gasteiger partial charge in [-0.05, 0) is 39.7 Å². The smallest absolute Gasteiger partial charge is 0.267 e. The van der Waals surface area contributed by atoms with Gasteiger partial charge in [-0.25, -0.2) is 0 Å². The molecule has 1 aromatic heterocycles. The molecular formula is C13H12BrClN2O2. The van der Waals surface area contributed by atoms with Crippen LogP contribution in [0.5, 0.6) is 0 Å². The van der Waals surface area contributed by atoms with Crippen molar-refractivity contribution in [3.8, 4) is 0 Å². The molecule has 2 aromatic rings.